The van der Waals surface area contributed by atoms with Crippen LogP contribution < -0.4 is 0 Å². The standard InChI is InChI=1S/C51H36N2/c1-51(2)45-22-12-21-43(49(45)44-30-38-17-8-9-18-39(38)31-46(44)51)41-19-10-11-20-42(41)48-32-47(52-50(53-48)36-14-4-3-5-15-36)35-26-23-34(24-27-35)40-28-25-33-13-6-7-16-37(33)29-40/h3-32H,1-2H3. The van der Waals surface area contributed by atoms with Gasteiger partial charge in [-0.05, 0) is 90.3 Å². The zero-order valence-corrected chi connectivity index (χ0v) is 29.7. The van der Waals surface area contributed by atoms with E-state index in [0.29, 0.717) is 5.82 Å². The molecule has 1 aliphatic rings. The van der Waals surface area contributed by atoms with E-state index < -0.39 is 0 Å². The van der Waals surface area contributed by atoms with Gasteiger partial charge in [0.1, 0.15) is 0 Å². The lowest BCUT2D eigenvalue weighted by Crippen LogP contribution is -2.14. The Morgan fingerprint density at radius 1 is 0.340 bits per heavy atom. The number of hydrogen-bond acceptors (Lipinski definition) is 2. The summed E-state index contributed by atoms with van der Waals surface area (Å²) >= 11 is 0. The maximum Gasteiger partial charge on any atom is 0.160 e. The highest BCUT2D eigenvalue weighted by Crippen LogP contribution is 2.54. The van der Waals surface area contributed by atoms with Crippen LogP contribution >= 0.6 is 0 Å². The van der Waals surface area contributed by atoms with E-state index in [4.69, 9.17) is 9.97 Å². The molecule has 8 aromatic carbocycles. The quantitative estimate of drug-likeness (QED) is 0.181. The van der Waals surface area contributed by atoms with Crippen LogP contribution in [0.1, 0.15) is 25.0 Å². The summed E-state index contributed by atoms with van der Waals surface area (Å²) in [5.41, 5.74) is 14.9. The van der Waals surface area contributed by atoms with Crippen molar-refractivity contribution >= 4 is 21.5 Å². The van der Waals surface area contributed by atoms with Gasteiger partial charge >= 0.3 is 0 Å². The summed E-state index contributed by atoms with van der Waals surface area (Å²) < 4.78 is 0. The SMILES string of the molecule is CC1(C)c2cc3ccccc3cc2-c2c(-c3ccccc3-c3cc(-c4ccc(-c5ccc6ccccc6c5)cc4)nc(-c4ccccc4)n3)cccc21. The molecule has 0 amide bonds. The number of aromatic nitrogens is 2. The number of fused-ring (bicyclic) bond motifs is 5. The summed E-state index contributed by atoms with van der Waals surface area (Å²) in [4.78, 5) is 10.4. The van der Waals surface area contributed by atoms with Crippen LogP contribution in [-0.2, 0) is 5.41 Å². The van der Waals surface area contributed by atoms with Crippen molar-refractivity contribution in [2.45, 2.75) is 19.3 Å². The van der Waals surface area contributed by atoms with Gasteiger partial charge in [0.2, 0.25) is 0 Å². The summed E-state index contributed by atoms with van der Waals surface area (Å²) in [7, 11) is 0. The Morgan fingerprint density at radius 3 is 1.70 bits per heavy atom. The molecule has 1 heterocycles. The number of hydrogen-bond donors (Lipinski definition) is 0. The predicted octanol–water partition coefficient (Wildman–Crippen LogP) is 13.4. The van der Waals surface area contributed by atoms with Gasteiger partial charge in [0, 0.05) is 22.1 Å². The Kier molecular flexibility index (Phi) is 7.19. The first kappa shape index (κ1) is 31.1. The third-order valence-electron chi connectivity index (χ3n) is 11.1. The van der Waals surface area contributed by atoms with Gasteiger partial charge in [0.15, 0.2) is 5.82 Å². The Hall–Kier alpha value is -6.64. The molecule has 250 valence electrons. The Balaban J connectivity index is 1.13. The highest BCUT2D eigenvalue weighted by Gasteiger charge is 2.37. The average Bonchev–Trinajstić information content (AvgIpc) is 3.45. The van der Waals surface area contributed by atoms with E-state index in [1.807, 2.05) is 18.2 Å². The van der Waals surface area contributed by atoms with Crippen molar-refractivity contribution in [3.8, 4) is 67.3 Å². The summed E-state index contributed by atoms with van der Waals surface area (Å²) in [6.45, 7) is 4.71. The first-order valence-corrected chi connectivity index (χ1v) is 18.3. The summed E-state index contributed by atoms with van der Waals surface area (Å²) in [5, 5.41) is 5.03. The fraction of sp³-hybridized carbons (Fsp3) is 0.0588. The number of rotatable bonds is 5. The Labute approximate surface area is 310 Å². The molecule has 1 aromatic heterocycles. The fourth-order valence-corrected chi connectivity index (χ4v) is 8.29. The van der Waals surface area contributed by atoms with Crippen LogP contribution in [0.5, 0.6) is 0 Å². The van der Waals surface area contributed by atoms with Gasteiger partial charge < -0.3 is 0 Å². The highest BCUT2D eigenvalue weighted by atomic mass is 14.9. The molecule has 2 heteroatoms. The van der Waals surface area contributed by atoms with Crippen molar-refractivity contribution in [2.24, 2.45) is 0 Å². The van der Waals surface area contributed by atoms with Crippen LogP contribution in [0.3, 0.4) is 0 Å². The normalized spacial score (nSPS) is 12.9. The van der Waals surface area contributed by atoms with Crippen molar-refractivity contribution < 1.29 is 0 Å². The smallest absolute Gasteiger partial charge is 0.160 e. The van der Waals surface area contributed by atoms with Gasteiger partial charge in [-0.3, -0.25) is 0 Å². The molecule has 0 saturated carbocycles. The van der Waals surface area contributed by atoms with E-state index in [0.717, 1.165) is 33.6 Å². The second-order valence-electron chi connectivity index (χ2n) is 14.6. The summed E-state index contributed by atoms with van der Waals surface area (Å²) in [6, 6.07) is 65.4. The van der Waals surface area contributed by atoms with Crippen molar-refractivity contribution in [3.63, 3.8) is 0 Å². The van der Waals surface area contributed by atoms with E-state index in [1.165, 1.54) is 60.5 Å². The van der Waals surface area contributed by atoms with Crippen molar-refractivity contribution in [1.29, 1.82) is 0 Å². The molecule has 1 aliphatic carbocycles. The minimum atomic E-state index is -0.124. The van der Waals surface area contributed by atoms with Crippen molar-refractivity contribution in [2.75, 3.05) is 0 Å². The lowest BCUT2D eigenvalue weighted by atomic mass is 9.81. The van der Waals surface area contributed by atoms with Crippen LogP contribution in [0, 0.1) is 0 Å². The van der Waals surface area contributed by atoms with Gasteiger partial charge in [-0.2, -0.15) is 0 Å². The van der Waals surface area contributed by atoms with E-state index in [2.05, 4.69) is 178 Å². The lowest BCUT2D eigenvalue weighted by Gasteiger charge is -2.22. The summed E-state index contributed by atoms with van der Waals surface area (Å²) in [5.74, 6) is 0.711. The molecule has 0 aliphatic heterocycles. The topological polar surface area (TPSA) is 25.8 Å². The van der Waals surface area contributed by atoms with Gasteiger partial charge in [-0.15, -0.1) is 0 Å². The second-order valence-corrected chi connectivity index (χ2v) is 14.6. The minimum absolute atomic E-state index is 0.124. The third-order valence-corrected chi connectivity index (χ3v) is 11.1. The maximum absolute atomic E-state index is 5.28. The van der Waals surface area contributed by atoms with E-state index in [1.54, 1.807) is 0 Å². The largest absolute Gasteiger partial charge is 0.228 e. The molecule has 0 atom stereocenters. The molecule has 0 spiro atoms. The second kappa shape index (κ2) is 12.3. The van der Waals surface area contributed by atoms with Crippen LogP contribution in [0.2, 0.25) is 0 Å². The molecule has 0 N–H and O–H groups in total. The third kappa shape index (κ3) is 5.26. The maximum atomic E-state index is 5.28. The zero-order chi connectivity index (χ0) is 35.5. The molecule has 2 nitrogen and oxygen atoms in total. The molecule has 0 saturated heterocycles. The van der Waals surface area contributed by atoms with Crippen LogP contribution in [0.25, 0.3) is 88.8 Å². The van der Waals surface area contributed by atoms with Crippen LogP contribution in [-0.4, -0.2) is 9.97 Å². The molecular weight excluding hydrogens is 641 g/mol. The molecule has 0 bridgehead atoms. The molecule has 9 aromatic rings. The van der Waals surface area contributed by atoms with E-state index in [9.17, 15) is 0 Å². The van der Waals surface area contributed by atoms with Gasteiger partial charge in [0.25, 0.3) is 0 Å². The Morgan fingerprint density at radius 2 is 0.925 bits per heavy atom. The first-order valence-electron chi connectivity index (χ1n) is 18.3. The highest BCUT2D eigenvalue weighted by molar-refractivity contribution is 6.00. The van der Waals surface area contributed by atoms with Gasteiger partial charge in [-0.1, -0.05) is 172 Å². The van der Waals surface area contributed by atoms with Gasteiger partial charge in [0.05, 0.1) is 11.4 Å². The number of nitrogens with zero attached hydrogens (tertiary/aromatic N) is 2. The molecule has 0 fully saturated rings. The monoisotopic (exact) mass is 676 g/mol. The van der Waals surface area contributed by atoms with Crippen LogP contribution in [0.15, 0.2) is 182 Å². The van der Waals surface area contributed by atoms with Gasteiger partial charge in [-0.25, -0.2) is 9.97 Å². The lowest BCUT2D eigenvalue weighted by molar-refractivity contribution is 0.661. The fourth-order valence-electron chi connectivity index (χ4n) is 8.29. The van der Waals surface area contributed by atoms with Crippen molar-refractivity contribution in [1.82, 2.24) is 9.97 Å². The van der Waals surface area contributed by atoms with E-state index in [-0.39, 0.29) is 5.41 Å². The van der Waals surface area contributed by atoms with E-state index >= 15 is 0 Å². The molecule has 53 heavy (non-hydrogen) atoms. The average molecular weight is 677 g/mol. The molecular formula is C51H36N2. The molecule has 0 unspecified atom stereocenters. The van der Waals surface area contributed by atoms with Crippen molar-refractivity contribution in [3.05, 3.63) is 193 Å². The minimum Gasteiger partial charge on any atom is -0.228 e. The summed E-state index contributed by atoms with van der Waals surface area (Å²) in [6.07, 6.45) is 0. The predicted molar refractivity (Wildman–Crippen MR) is 222 cm³/mol. The number of benzene rings is 8. The zero-order valence-electron chi connectivity index (χ0n) is 29.7. The first-order chi connectivity index (χ1) is 26.0. The Bertz CT molecular complexity index is 2850. The molecule has 10 rings (SSSR count). The molecule has 0 radical (unpaired) electrons. The van der Waals surface area contributed by atoms with Crippen LogP contribution in [0.4, 0.5) is 0 Å².